The van der Waals surface area contributed by atoms with E-state index in [-0.39, 0.29) is 6.79 Å². The predicted octanol–water partition coefficient (Wildman–Crippen LogP) is 3.80. The molecule has 2 rings (SSSR count). The minimum Gasteiger partial charge on any atom is -0.467 e. The van der Waals surface area contributed by atoms with Crippen LogP contribution in [-0.4, -0.2) is 18.4 Å². The van der Waals surface area contributed by atoms with Crippen LogP contribution >= 0.6 is 0 Å². The number of pyridine rings is 1. The van der Waals surface area contributed by atoms with E-state index in [0.29, 0.717) is 6.61 Å². The maximum Gasteiger partial charge on any atom is 0.189 e. The number of nitrogens with zero attached hydrogens (tertiary/aromatic N) is 1. The molecule has 1 heterocycles. The number of aryl methyl sites for hydroxylation is 1. The number of hydrogen-bond acceptors (Lipinski definition) is 3. The van der Waals surface area contributed by atoms with E-state index in [1.807, 2.05) is 51.1 Å². The van der Waals surface area contributed by atoms with Crippen molar-refractivity contribution >= 4 is 0 Å². The second-order valence-corrected chi connectivity index (χ2v) is 4.51. The molecule has 0 saturated heterocycles. The Morgan fingerprint density at radius 1 is 1.24 bits per heavy atom. The summed E-state index contributed by atoms with van der Waals surface area (Å²) < 4.78 is 11.0. The summed E-state index contributed by atoms with van der Waals surface area (Å²) in [5, 5.41) is 0. The summed E-state index contributed by atoms with van der Waals surface area (Å²) in [6.45, 7) is 6.63. The lowest BCUT2D eigenvalue weighted by molar-refractivity contribution is 0.0227. The normalized spacial score (nSPS) is 9.86. The molecule has 0 radical (unpaired) electrons. The number of hydrogen-bond donors (Lipinski definition) is 0. The summed E-state index contributed by atoms with van der Waals surface area (Å²) in [7, 11) is 0. The summed E-state index contributed by atoms with van der Waals surface area (Å²) in [4.78, 5) is 4.46. The Morgan fingerprint density at radius 3 is 2.81 bits per heavy atom. The minimum atomic E-state index is 0.221. The van der Waals surface area contributed by atoms with Gasteiger partial charge in [0.25, 0.3) is 0 Å². The van der Waals surface area contributed by atoms with Crippen LogP contribution in [0.25, 0.3) is 11.3 Å². The first-order chi connectivity index (χ1) is 10.3. The van der Waals surface area contributed by atoms with Crippen LogP contribution in [0.2, 0.25) is 0 Å². The molecule has 1 aromatic heterocycles. The van der Waals surface area contributed by atoms with Crippen molar-refractivity contribution in [3.05, 3.63) is 47.7 Å². The molecule has 2 aromatic rings. The average molecular weight is 281 g/mol. The van der Waals surface area contributed by atoms with Gasteiger partial charge in [-0.2, -0.15) is 0 Å². The maximum absolute atomic E-state index is 5.74. The van der Waals surface area contributed by atoms with Gasteiger partial charge in [0, 0.05) is 23.9 Å². The van der Waals surface area contributed by atoms with Gasteiger partial charge in [-0.1, -0.05) is 12.0 Å². The van der Waals surface area contributed by atoms with Gasteiger partial charge in [-0.25, -0.2) is 0 Å². The van der Waals surface area contributed by atoms with Gasteiger partial charge in [0.2, 0.25) is 0 Å². The van der Waals surface area contributed by atoms with Crippen LogP contribution in [0.5, 0.6) is 5.75 Å². The third-order valence-corrected chi connectivity index (χ3v) is 3.02. The Kier molecular flexibility index (Phi) is 5.36. The van der Waals surface area contributed by atoms with Crippen molar-refractivity contribution in [1.82, 2.24) is 4.98 Å². The van der Waals surface area contributed by atoms with Crippen molar-refractivity contribution in [3.8, 4) is 28.8 Å². The van der Waals surface area contributed by atoms with E-state index in [1.54, 1.807) is 6.20 Å². The van der Waals surface area contributed by atoms with Crippen molar-refractivity contribution in [2.24, 2.45) is 0 Å². The minimum absolute atomic E-state index is 0.221. The van der Waals surface area contributed by atoms with Crippen LogP contribution in [0.4, 0.5) is 0 Å². The van der Waals surface area contributed by atoms with Gasteiger partial charge in [0.05, 0.1) is 5.69 Å². The quantitative estimate of drug-likeness (QED) is 0.474. The van der Waals surface area contributed by atoms with Crippen LogP contribution in [0, 0.1) is 18.8 Å². The molecule has 0 saturated carbocycles. The smallest absolute Gasteiger partial charge is 0.189 e. The molecule has 0 N–H and O–H groups in total. The number of ether oxygens (including phenoxy) is 2. The van der Waals surface area contributed by atoms with Gasteiger partial charge >= 0.3 is 0 Å². The lowest BCUT2D eigenvalue weighted by Crippen LogP contribution is -2.04. The van der Waals surface area contributed by atoms with Gasteiger partial charge < -0.3 is 9.47 Å². The molecule has 0 spiro atoms. The fraction of sp³-hybridized carbons (Fsp3) is 0.278. The first-order valence-corrected chi connectivity index (χ1v) is 6.95. The van der Waals surface area contributed by atoms with Crippen LogP contribution in [0.3, 0.4) is 0 Å². The molecular weight excluding hydrogens is 262 g/mol. The number of aromatic nitrogens is 1. The summed E-state index contributed by atoms with van der Waals surface area (Å²) in [5.41, 5.74) is 3.89. The first kappa shape index (κ1) is 15.1. The molecule has 0 aliphatic heterocycles. The molecule has 0 aliphatic rings. The standard InChI is InChI=1S/C18H19NO2/c1-4-7-15-9-10-16(17(12-15)21-13-20-5-2)18-14(3)8-6-11-19-18/h6,8-12H,5,13H2,1-3H3. The molecule has 0 atom stereocenters. The maximum atomic E-state index is 5.74. The highest BCUT2D eigenvalue weighted by molar-refractivity contribution is 5.71. The fourth-order valence-corrected chi connectivity index (χ4v) is 2.02. The van der Waals surface area contributed by atoms with Crippen LogP contribution in [-0.2, 0) is 4.74 Å². The van der Waals surface area contributed by atoms with E-state index in [4.69, 9.17) is 9.47 Å². The zero-order valence-electron chi connectivity index (χ0n) is 12.6. The molecule has 0 fully saturated rings. The van der Waals surface area contributed by atoms with Gasteiger partial charge in [0.15, 0.2) is 6.79 Å². The summed E-state index contributed by atoms with van der Waals surface area (Å²) in [6.07, 6.45) is 1.79. The highest BCUT2D eigenvalue weighted by Crippen LogP contribution is 2.31. The topological polar surface area (TPSA) is 31.4 Å². The number of rotatable bonds is 5. The van der Waals surface area contributed by atoms with Crippen molar-refractivity contribution in [3.63, 3.8) is 0 Å². The third kappa shape index (κ3) is 3.84. The van der Waals surface area contributed by atoms with E-state index < -0.39 is 0 Å². The molecule has 3 heteroatoms. The van der Waals surface area contributed by atoms with E-state index >= 15 is 0 Å². The monoisotopic (exact) mass is 281 g/mol. The highest BCUT2D eigenvalue weighted by atomic mass is 16.7. The predicted molar refractivity (Wildman–Crippen MR) is 84.1 cm³/mol. The van der Waals surface area contributed by atoms with Crippen molar-refractivity contribution in [2.45, 2.75) is 20.8 Å². The lowest BCUT2D eigenvalue weighted by Gasteiger charge is -2.13. The lowest BCUT2D eigenvalue weighted by atomic mass is 10.0. The van der Waals surface area contributed by atoms with Crippen molar-refractivity contribution in [1.29, 1.82) is 0 Å². The molecule has 108 valence electrons. The van der Waals surface area contributed by atoms with E-state index in [9.17, 15) is 0 Å². The zero-order valence-corrected chi connectivity index (χ0v) is 12.6. The molecule has 0 amide bonds. The Hall–Kier alpha value is -2.31. The molecule has 21 heavy (non-hydrogen) atoms. The molecule has 0 unspecified atom stereocenters. The van der Waals surface area contributed by atoms with Crippen LogP contribution < -0.4 is 4.74 Å². The largest absolute Gasteiger partial charge is 0.467 e. The Bertz CT molecular complexity index is 668. The van der Waals surface area contributed by atoms with E-state index in [1.165, 1.54) is 0 Å². The Balaban J connectivity index is 2.43. The molecule has 0 aliphatic carbocycles. The Labute approximate surface area is 125 Å². The fourth-order valence-electron chi connectivity index (χ4n) is 2.02. The van der Waals surface area contributed by atoms with Gasteiger partial charge in [-0.15, -0.1) is 5.92 Å². The molecule has 1 aromatic carbocycles. The average Bonchev–Trinajstić information content (AvgIpc) is 2.49. The summed E-state index contributed by atoms with van der Waals surface area (Å²) in [6, 6.07) is 9.87. The second-order valence-electron chi connectivity index (χ2n) is 4.51. The van der Waals surface area contributed by atoms with Gasteiger partial charge in [0.1, 0.15) is 5.75 Å². The molecular formula is C18H19NO2. The Morgan fingerprint density at radius 2 is 2.10 bits per heavy atom. The zero-order chi connectivity index (χ0) is 15.1. The third-order valence-electron chi connectivity index (χ3n) is 3.02. The SMILES string of the molecule is CC#Cc1ccc(-c2ncccc2C)c(OCOCC)c1. The number of benzene rings is 1. The van der Waals surface area contributed by atoms with Crippen molar-refractivity contribution < 1.29 is 9.47 Å². The van der Waals surface area contributed by atoms with E-state index in [0.717, 1.165) is 28.1 Å². The summed E-state index contributed by atoms with van der Waals surface area (Å²) in [5.74, 6) is 6.68. The highest BCUT2D eigenvalue weighted by Gasteiger charge is 2.10. The first-order valence-electron chi connectivity index (χ1n) is 6.95. The van der Waals surface area contributed by atoms with Crippen molar-refractivity contribution in [2.75, 3.05) is 13.4 Å². The van der Waals surface area contributed by atoms with E-state index in [2.05, 4.69) is 16.8 Å². The van der Waals surface area contributed by atoms with Gasteiger partial charge in [-0.05, 0) is 50.6 Å². The van der Waals surface area contributed by atoms with Gasteiger partial charge in [-0.3, -0.25) is 4.98 Å². The second kappa shape index (κ2) is 7.47. The van der Waals surface area contributed by atoms with Crippen LogP contribution in [0.1, 0.15) is 25.0 Å². The molecule has 0 bridgehead atoms. The molecule has 3 nitrogen and oxygen atoms in total. The van der Waals surface area contributed by atoms with Crippen LogP contribution in [0.15, 0.2) is 36.5 Å². The summed E-state index contributed by atoms with van der Waals surface area (Å²) >= 11 is 0.